The van der Waals surface area contributed by atoms with Crippen LogP contribution in [0, 0.1) is 6.92 Å². The van der Waals surface area contributed by atoms with Gasteiger partial charge in [-0.1, -0.05) is 40.9 Å². The maximum Gasteiger partial charge on any atom is 0.161 e. The van der Waals surface area contributed by atoms with Gasteiger partial charge in [-0.25, -0.2) is 9.98 Å². The van der Waals surface area contributed by atoms with E-state index >= 15 is 0 Å². The van der Waals surface area contributed by atoms with E-state index in [1.165, 1.54) is 17.8 Å². The average Bonchev–Trinajstić information content (AvgIpc) is 3.04. The zero-order valence-corrected chi connectivity index (χ0v) is 20.1. The quantitative estimate of drug-likeness (QED) is 0.144. The number of hydrogen-bond donors (Lipinski definition) is 3. The number of thioether (sulfide) groups is 1. The molecule has 1 aromatic carbocycles. The van der Waals surface area contributed by atoms with Gasteiger partial charge < -0.3 is 26.7 Å². The molecule has 0 bridgehead atoms. The topological polar surface area (TPSA) is 122 Å². The Hall–Kier alpha value is -1.92. The van der Waals surface area contributed by atoms with Gasteiger partial charge in [-0.15, -0.1) is 11.3 Å². The fourth-order valence-corrected chi connectivity index (χ4v) is 4.25. The number of methoxy groups -OCH3 is 1. The number of alkyl halides is 1. The summed E-state index contributed by atoms with van der Waals surface area (Å²) in [5, 5.41) is 1.25. The Labute approximate surface area is 192 Å². The molecule has 0 aliphatic rings. The minimum absolute atomic E-state index is 0.218. The lowest BCUT2D eigenvalue weighted by Crippen LogP contribution is -2.10. The first-order valence-corrected chi connectivity index (χ1v) is 11.9. The van der Waals surface area contributed by atoms with Crippen molar-refractivity contribution < 1.29 is 9.47 Å². The van der Waals surface area contributed by atoms with Crippen LogP contribution in [0.2, 0.25) is 0 Å². The molecule has 1 heterocycles. The monoisotopic (exact) mass is 545 g/mol. The van der Waals surface area contributed by atoms with Gasteiger partial charge in [0.25, 0.3) is 0 Å². The van der Waals surface area contributed by atoms with E-state index in [0.29, 0.717) is 34.7 Å². The molecule has 6 N–H and O–H groups in total. The van der Waals surface area contributed by atoms with Crippen molar-refractivity contribution in [2.45, 2.75) is 12.7 Å². The summed E-state index contributed by atoms with van der Waals surface area (Å²) in [4.78, 5) is 9.97. The zero-order chi connectivity index (χ0) is 21.4. The highest BCUT2D eigenvalue weighted by Crippen LogP contribution is 2.35. The Balaban J connectivity index is 2.16. The normalized spacial score (nSPS) is 12.1. The molecule has 0 saturated carbocycles. The van der Waals surface area contributed by atoms with Crippen molar-refractivity contribution in [1.82, 2.24) is 4.98 Å². The standard InChI is InChI=1S/C19H24IN5O2S2/c1-11(21)8-17(22)25-19(23)28-10-14-12(2)29-18(24-14)13-4-5-15(26-3)16(9-13)27-7-6-20/h4-5,8-9H,1,6-7,10,21-22H2,2-3H3,(H2,23,25)/b17-8-. The summed E-state index contributed by atoms with van der Waals surface area (Å²) < 4.78 is 12.1. The number of hydrogen-bond acceptors (Lipinski definition) is 8. The van der Waals surface area contributed by atoms with Crippen LogP contribution in [0.5, 0.6) is 11.5 Å². The van der Waals surface area contributed by atoms with Gasteiger partial charge in [-0.2, -0.15) is 0 Å². The minimum atomic E-state index is 0.218. The fraction of sp³-hybridized carbons (Fsp3) is 0.263. The highest BCUT2D eigenvalue weighted by molar-refractivity contribution is 14.1. The predicted molar refractivity (Wildman–Crippen MR) is 132 cm³/mol. The molecule has 0 amide bonds. The molecule has 2 rings (SSSR count). The van der Waals surface area contributed by atoms with E-state index < -0.39 is 0 Å². The van der Waals surface area contributed by atoms with Crippen LogP contribution < -0.4 is 26.7 Å². The van der Waals surface area contributed by atoms with Crippen LogP contribution in [0.15, 0.2) is 47.4 Å². The van der Waals surface area contributed by atoms with Crippen molar-refractivity contribution in [3.63, 3.8) is 0 Å². The zero-order valence-electron chi connectivity index (χ0n) is 16.3. The molecule has 0 spiro atoms. The third kappa shape index (κ3) is 7.12. The van der Waals surface area contributed by atoms with Gasteiger partial charge in [-0.3, -0.25) is 0 Å². The summed E-state index contributed by atoms with van der Waals surface area (Å²) in [5.41, 5.74) is 19.4. The number of allylic oxidation sites excluding steroid dienone is 1. The van der Waals surface area contributed by atoms with E-state index in [1.807, 2.05) is 25.1 Å². The summed E-state index contributed by atoms with van der Waals surface area (Å²) in [6.45, 7) is 6.20. The maximum absolute atomic E-state index is 5.93. The van der Waals surface area contributed by atoms with Crippen LogP contribution in [0.1, 0.15) is 10.6 Å². The number of aryl methyl sites for hydroxylation is 1. The summed E-state index contributed by atoms with van der Waals surface area (Å²) >= 11 is 5.26. The smallest absolute Gasteiger partial charge is 0.161 e. The molecule has 2 aromatic rings. The van der Waals surface area contributed by atoms with Crippen LogP contribution in [-0.4, -0.2) is 28.3 Å². The van der Waals surface area contributed by atoms with E-state index in [1.54, 1.807) is 18.4 Å². The first kappa shape index (κ1) is 23.4. The number of amidine groups is 1. The molecule has 0 fully saturated rings. The Bertz CT molecular complexity index is 927. The molecule has 0 aliphatic carbocycles. The number of aromatic nitrogens is 1. The molecule has 29 heavy (non-hydrogen) atoms. The van der Waals surface area contributed by atoms with Crippen molar-refractivity contribution in [1.29, 1.82) is 0 Å². The van der Waals surface area contributed by atoms with E-state index in [0.717, 1.165) is 25.6 Å². The van der Waals surface area contributed by atoms with E-state index in [4.69, 9.17) is 31.7 Å². The Morgan fingerprint density at radius 3 is 2.76 bits per heavy atom. The predicted octanol–water partition coefficient (Wildman–Crippen LogP) is 3.76. The van der Waals surface area contributed by atoms with Crippen molar-refractivity contribution in [3.8, 4) is 22.1 Å². The molecular formula is C19H24IN5O2S2. The molecule has 0 unspecified atom stereocenters. The molecule has 156 valence electrons. The number of rotatable bonds is 9. The number of nitrogens with zero attached hydrogens (tertiary/aromatic N) is 2. The minimum Gasteiger partial charge on any atom is -0.493 e. The summed E-state index contributed by atoms with van der Waals surface area (Å²) in [6.07, 6.45) is 1.46. The summed E-state index contributed by atoms with van der Waals surface area (Å²) in [5.74, 6) is 2.22. The second kappa shape index (κ2) is 11.3. The number of nitrogens with two attached hydrogens (primary N) is 3. The van der Waals surface area contributed by atoms with Gasteiger partial charge in [-0.05, 0) is 25.1 Å². The summed E-state index contributed by atoms with van der Waals surface area (Å²) in [7, 11) is 1.63. The van der Waals surface area contributed by atoms with Crippen molar-refractivity contribution in [3.05, 3.63) is 52.9 Å². The Morgan fingerprint density at radius 2 is 2.10 bits per heavy atom. The highest BCUT2D eigenvalue weighted by atomic mass is 127. The van der Waals surface area contributed by atoms with Crippen LogP contribution in [0.25, 0.3) is 10.6 Å². The lowest BCUT2D eigenvalue weighted by molar-refractivity contribution is 0.315. The number of benzene rings is 1. The van der Waals surface area contributed by atoms with Gasteiger partial charge in [0, 0.05) is 32.4 Å². The third-order valence-electron chi connectivity index (χ3n) is 3.57. The number of thiazole rings is 1. The first-order valence-electron chi connectivity index (χ1n) is 8.56. The summed E-state index contributed by atoms with van der Waals surface area (Å²) in [6, 6.07) is 5.83. The van der Waals surface area contributed by atoms with Crippen molar-refractivity contribution in [2.24, 2.45) is 22.2 Å². The van der Waals surface area contributed by atoms with Gasteiger partial charge in [0.2, 0.25) is 0 Å². The molecular weight excluding hydrogens is 521 g/mol. The molecule has 1 aromatic heterocycles. The Kier molecular flexibility index (Phi) is 9.11. The van der Waals surface area contributed by atoms with Gasteiger partial charge in [0.05, 0.1) is 19.4 Å². The van der Waals surface area contributed by atoms with Crippen molar-refractivity contribution >= 4 is 50.9 Å². The Morgan fingerprint density at radius 1 is 1.34 bits per heavy atom. The van der Waals surface area contributed by atoms with Gasteiger partial charge >= 0.3 is 0 Å². The van der Waals surface area contributed by atoms with Gasteiger partial charge in [0.15, 0.2) is 16.7 Å². The molecule has 0 radical (unpaired) electrons. The molecule has 0 saturated heterocycles. The maximum atomic E-state index is 5.93. The third-order valence-corrected chi connectivity index (χ3v) is 5.87. The highest BCUT2D eigenvalue weighted by Gasteiger charge is 2.13. The second-order valence-corrected chi connectivity index (χ2v) is 9.09. The van der Waals surface area contributed by atoms with E-state index in [2.05, 4.69) is 34.2 Å². The number of halogens is 1. The molecule has 7 nitrogen and oxygen atoms in total. The van der Waals surface area contributed by atoms with Crippen LogP contribution >= 0.6 is 45.7 Å². The van der Waals surface area contributed by atoms with Crippen LogP contribution in [0.4, 0.5) is 0 Å². The van der Waals surface area contributed by atoms with Crippen LogP contribution in [-0.2, 0) is 5.75 Å². The van der Waals surface area contributed by atoms with Gasteiger partial charge in [0.1, 0.15) is 10.8 Å². The number of aliphatic imine (C=N–C) groups is 1. The second-order valence-electron chi connectivity index (χ2n) is 5.81. The first-order chi connectivity index (χ1) is 13.8. The molecule has 0 aliphatic heterocycles. The van der Waals surface area contributed by atoms with E-state index in [9.17, 15) is 0 Å². The molecule has 10 heteroatoms. The van der Waals surface area contributed by atoms with Crippen molar-refractivity contribution in [2.75, 3.05) is 18.1 Å². The van der Waals surface area contributed by atoms with Crippen LogP contribution in [0.3, 0.4) is 0 Å². The lowest BCUT2D eigenvalue weighted by Gasteiger charge is -2.10. The molecule has 0 atom stereocenters. The average molecular weight is 545 g/mol. The number of ether oxygens (including phenoxy) is 2. The largest absolute Gasteiger partial charge is 0.493 e. The fourth-order valence-electron chi connectivity index (χ4n) is 2.28. The lowest BCUT2D eigenvalue weighted by atomic mass is 10.2. The SMILES string of the molecule is C=C(N)/C=C(/N)N=C(N)SCc1nc(-c2ccc(OC)c(OCCI)c2)sc1C. The van der Waals surface area contributed by atoms with E-state index in [-0.39, 0.29) is 5.82 Å².